The van der Waals surface area contributed by atoms with Gasteiger partial charge in [-0.15, -0.1) is 0 Å². The van der Waals surface area contributed by atoms with Crippen LogP contribution in [0.5, 0.6) is 0 Å². The Labute approximate surface area is 214 Å². The van der Waals surface area contributed by atoms with E-state index >= 15 is 0 Å². The molecule has 202 valence electrons. The quantitative estimate of drug-likeness (QED) is 0.329. The molecule has 0 N–H and O–H groups in total. The maximum absolute atomic E-state index is 14.9. The fourth-order valence-electron chi connectivity index (χ4n) is 6.17. The summed E-state index contributed by atoms with van der Waals surface area (Å²) in [5.74, 6) is -1.26. The van der Waals surface area contributed by atoms with Gasteiger partial charge in [-0.2, -0.15) is 13.2 Å². The van der Waals surface area contributed by atoms with Gasteiger partial charge in [-0.3, -0.25) is 0 Å². The van der Waals surface area contributed by atoms with E-state index in [0.29, 0.717) is 17.6 Å². The Morgan fingerprint density at radius 3 is 1.73 bits per heavy atom. The normalized spacial score (nSPS) is 25.1. The summed E-state index contributed by atoms with van der Waals surface area (Å²) in [6.07, 6.45) is 4.36. The Bertz CT molecular complexity index is 1060. The zero-order valence-electron chi connectivity index (χ0n) is 21.0. The molecule has 0 saturated heterocycles. The van der Waals surface area contributed by atoms with Crippen molar-refractivity contribution >= 4 is 6.08 Å². The maximum atomic E-state index is 14.9. The molecule has 2 saturated carbocycles. The van der Waals surface area contributed by atoms with Crippen LogP contribution in [0.15, 0.2) is 30.3 Å². The second-order valence-corrected chi connectivity index (χ2v) is 10.9. The van der Waals surface area contributed by atoms with Gasteiger partial charge in [-0.05, 0) is 117 Å². The van der Waals surface area contributed by atoms with Crippen molar-refractivity contribution in [1.82, 2.24) is 0 Å². The van der Waals surface area contributed by atoms with Crippen LogP contribution in [0.2, 0.25) is 0 Å². The molecule has 2 aromatic rings. The molecule has 0 unspecified atom stereocenters. The molecule has 0 heterocycles. The van der Waals surface area contributed by atoms with Crippen LogP contribution < -0.4 is 0 Å². The molecule has 2 fully saturated rings. The molecule has 2 aromatic carbocycles. The van der Waals surface area contributed by atoms with Gasteiger partial charge in [0.1, 0.15) is 23.3 Å². The van der Waals surface area contributed by atoms with Crippen LogP contribution in [0.25, 0.3) is 6.08 Å². The SMILES string of the molecule is CC1CCC(C2CCC(c3cc(F)c(CCc4cc(F)c(/C=C/C(F)(F)F)c(F)c4)c(F)c3)CC2)CC1. The monoisotopic (exact) mass is 526 g/mol. The number of hydrogen-bond acceptors (Lipinski definition) is 0. The van der Waals surface area contributed by atoms with E-state index in [2.05, 4.69) is 6.92 Å². The molecule has 0 nitrogen and oxygen atoms in total. The van der Waals surface area contributed by atoms with Crippen molar-refractivity contribution in [2.45, 2.75) is 83.2 Å². The van der Waals surface area contributed by atoms with E-state index < -0.39 is 35.0 Å². The molecule has 4 rings (SSSR count). The highest BCUT2D eigenvalue weighted by molar-refractivity contribution is 5.52. The van der Waals surface area contributed by atoms with Crippen molar-refractivity contribution in [3.63, 3.8) is 0 Å². The lowest BCUT2D eigenvalue weighted by atomic mass is 9.68. The van der Waals surface area contributed by atoms with Gasteiger partial charge in [0.05, 0.1) is 0 Å². The number of benzene rings is 2. The average molecular weight is 527 g/mol. The topological polar surface area (TPSA) is 0 Å². The smallest absolute Gasteiger partial charge is 0.207 e. The number of rotatable bonds is 6. The number of aryl methyl sites for hydroxylation is 1. The van der Waals surface area contributed by atoms with E-state index in [1.807, 2.05) is 0 Å². The minimum Gasteiger partial charge on any atom is -0.207 e. The van der Waals surface area contributed by atoms with Gasteiger partial charge in [-0.1, -0.05) is 19.8 Å². The van der Waals surface area contributed by atoms with Gasteiger partial charge in [-0.25, -0.2) is 17.6 Å². The van der Waals surface area contributed by atoms with Crippen molar-refractivity contribution in [2.75, 3.05) is 0 Å². The van der Waals surface area contributed by atoms with Crippen LogP contribution in [0.1, 0.15) is 86.5 Å². The molecule has 0 bridgehead atoms. The fraction of sp³-hybridized carbons (Fsp3) is 0.533. The second kappa shape index (κ2) is 11.6. The molecule has 0 atom stereocenters. The minimum absolute atomic E-state index is 0.0601. The first kappa shape index (κ1) is 27.7. The van der Waals surface area contributed by atoms with Crippen LogP contribution in [-0.2, 0) is 12.8 Å². The first-order chi connectivity index (χ1) is 17.5. The van der Waals surface area contributed by atoms with Gasteiger partial charge in [0, 0.05) is 17.2 Å². The highest BCUT2D eigenvalue weighted by Crippen LogP contribution is 2.44. The average Bonchev–Trinajstić information content (AvgIpc) is 2.83. The molecule has 2 aliphatic rings. The highest BCUT2D eigenvalue weighted by atomic mass is 19.4. The Balaban J connectivity index is 1.38. The third kappa shape index (κ3) is 7.17. The third-order valence-corrected chi connectivity index (χ3v) is 8.38. The van der Waals surface area contributed by atoms with E-state index in [1.54, 1.807) is 0 Å². The first-order valence-corrected chi connectivity index (χ1v) is 13.2. The summed E-state index contributed by atoms with van der Waals surface area (Å²) in [4.78, 5) is 0. The molecule has 0 spiro atoms. The van der Waals surface area contributed by atoms with E-state index in [1.165, 1.54) is 37.8 Å². The molecule has 2 aliphatic carbocycles. The van der Waals surface area contributed by atoms with Gasteiger partial charge in [0.15, 0.2) is 0 Å². The largest absolute Gasteiger partial charge is 0.409 e. The van der Waals surface area contributed by atoms with E-state index in [9.17, 15) is 30.7 Å². The van der Waals surface area contributed by atoms with Gasteiger partial charge in [0.25, 0.3) is 0 Å². The van der Waals surface area contributed by atoms with Crippen molar-refractivity contribution in [2.24, 2.45) is 17.8 Å². The molecule has 37 heavy (non-hydrogen) atoms. The number of hydrogen-bond donors (Lipinski definition) is 0. The minimum atomic E-state index is -4.70. The second-order valence-electron chi connectivity index (χ2n) is 10.9. The van der Waals surface area contributed by atoms with Crippen molar-refractivity contribution in [3.05, 3.63) is 75.9 Å². The number of allylic oxidation sites excluding steroid dienone is 1. The van der Waals surface area contributed by atoms with Crippen molar-refractivity contribution in [1.29, 1.82) is 0 Å². The lowest BCUT2D eigenvalue weighted by Gasteiger charge is -2.37. The van der Waals surface area contributed by atoms with Crippen LogP contribution >= 0.6 is 0 Å². The standard InChI is InChI=1S/C30H33F7/c1-18-2-5-20(6-3-18)21-7-9-22(10-8-21)23-16-28(33)24(29(34)17-23)11-4-19-14-26(31)25(27(32)15-19)12-13-30(35,36)37/h12-18,20-22H,2-11H2,1H3/b13-12+. The van der Waals surface area contributed by atoms with Crippen LogP contribution in [0.4, 0.5) is 30.7 Å². The molecular formula is C30H33F7. The molecule has 7 heteroatoms. The van der Waals surface area contributed by atoms with Gasteiger partial charge >= 0.3 is 6.18 Å². The van der Waals surface area contributed by atoms with Gasteiger partial charge < -0.3 is 0 Å². The summed E-state index contributed by atoms with van der Waals surface area (Å²) in [5, 5.41) is 0. The van der Waals surface area contributed by atoms with Crippen LogP contribution in [0.3, 0.4) is 0 Å². The Kier molecular flexibility index (Phi) is 8.70. The lowest BCUT2D eigenvalue weighted by molar-refractivity contribution is -0.0790. The lowest BCUT2D eigenvalue weighted by Crippen LogP contribution is -2.24. The molecule has 0 amide bonds. The van der Waals surface area contributed by atoms with E-state index in [0.717, 1.165) is 49.7 Å². The summed E-state index contributed by atoms with van der Waals surface area (Å²) in [7, 11) is 0. The predicted molar refractivity (Wildman–Crippen MR) is 131 cm³/mol. The van der Waals surface area contributed by atoms with E-state index in [4.69, 9.17) is 0 Å². The maximum Gasteiger partial charge on any atom is 0.409 e. The summed E-state index contributed by atoms with van der Waals surface area (Å²) in [5.41, 5.74) is -0.198. The summed E-state index contributed by atoms with van der Waals surface area (Å²) < 4.78 is 95.1. The summed E-state index contributed by atoms with van der Waals surface area (Å²) >= 11 is 0. The summed E-state index contributed by atoms with van der Waals surface area (Å²) in [6.45, 7) is 2.31. The fourth-order valence-corrected chi connectivity index (χ4v) is 6.17. The molecule has 0 aliphatic heterocycles. The van der Waals surface area contributed by atoms with E-state index in [-0.39, 0.29) is 36.0 Å². The zero-order valence-corrected chi connectivity index (χ0v) is 21.0. The molecular weight excluding hydrogens is 493 g/mol. The number of alkyl halides is 3. The van der Waals surface area contributed by atoms with Crippen molar-refractivity contribution in [3.8, 4) is 0 Å². The highest BCUT2D eigenvalue weighted by Gasteiger charge is 2.31. The van der Waals surface area contributed by atoms with Crippen LogP contribution in [-0.4, -0.2) is 6.18 Å². The third-order valence-electron chi connectivity index (χ3n) is 8.38. The summed E-state index contributed by atoms with van der Waals surface area (Å²) in [6, 6.07) is 4.57. The molecule has 0 radical (unpaired) electrons. The molecule has 0 aromatic heterocycles. The zero-order chi connectivity index (χ0) is 26.7. The number of halogens is 7. The Hall–Kier alpha value is -2.31. The Morgan fingerprint density at radius 2 is 1.22 bits per heavy atom. The van der Waals surface area contributed by atoms with Gasteiger partial charge in [0.2, 0.25) is 0 Å². The first-order valence-electron chi connectivity index (χ1n) is 13.2. The Morgan fingerprint density at radius 1 is 0.703 bits per heavy atom. The van der Waals surface area contributed by atoms with Crippen LogP contribution in [0, 0.1) is 41.0 Å². The predicted octanol–water partition coefficient (Wildman–Crippen LogP) is 9.70. The van der Waals surface area contributed by atoms with Crippen molar-refractivity contribution < 1.29 is 30.7 Å².